The molecule has 0 aromatic heterocycles. The lowest BCUT2D eigenvalue weighted by atomic mass is 10.2. The number of sulfonamides is 1. The number of anilines is 2. The minimum absolute atomic E-state index is 0.306. The zero-order chi connectivity index (χ0) is 23.3. The molecular weight excluding hydrogens is 460 g/mol. The maximum Gasteiger partial charge on any atom is 0.248 e. The molecule has 9 heteroatoms. The Hall–Kier alpha value is -3.43. The van der Waals surface area contributed by atoms with E-state index in [9.17, 15) is 13.2 Å². The first kappa shape index (κ1) is 22.8. The van der Waals surface area contributed by atoms with E-state index in [1.54, 1.807) is 36.4 Å². The largest absolute Gasteiger partial charge is 0.486 e. The molecule has 0 atom stereocenters. The molecule has 4 rings (SSSR count). The smallest absolute Gasteiger partial charge is 0.248 e. The second-order valence-corrected chi connectivity index (χ2v) is 10.1. The lowest BCUT2D eigenvalue weighted by Crippen LogP contribution is -2.16. The first-order valence-electron chi connectivity index (χ1n) is 10.1. The van der Waals surface area contributed by atoms with Gasteiger partial charge in [0.05, 0.1) is 11.9 Å². The van der Waals surface area contributed by atoms with Gasteiger partial charge in [0.2, 0.25) is 15.9 Å². The van der Waals surface area contributed by atoms with Gasteiger partial charge in [-0.15, -0.1) is 0 Å². The lowest BCUT2D eigenvalue weighted by molar-refractivity contribution is -0.111. The van der Waals surface area contributed by atoms with Crippen LogP contribution >= 0.6 is 11.8 Å². The summed E-state index contributed by atoms with van der Waals surface area (Å²) in [6.45, 7) is 0.936. The Morgan fingerprint density at radius 3 is 2.30 bits per heavy atom. The van der Waals surface area contributed by atoms with Crippen molar-refractivity contribution in [1.82, 2.24) is 0 Å². The number of nitrogens with one attached hydrogen (secondary N) is 2. The summed E-state index contributed by atoms with van der Waals surface area (Å²) in [5.41, 5.74) is 1.83. The van der Waals surface area contributed by atoms with Gasteiger partial charge >= 0.3 is 0 Å². The Morgan fingerprint density at radius 2 is 1.64 bits per heavy atom. The van der Waals surface area contributed by atoms with Crippen LogP contribution in [-0.2, 0) is 14.8 Å². The number of fused-ring (bicyclic) bond motifs is 1. The molecule has 3 aromatic rings. The maximum absolute atomic E-state index is 12.6. The van der Waals surface area contributed by atoms with Crippen molar-refractivity contribution in [3.63, 3.8) is 0 Å². The van der Waals surface area contributed by atoms with E-state index in [2.05, 4.69) is 10.0 Å². The van der Waals surface area contributed by atoms with Crippen molar-refractivity contribution in [2.24, 2.45) is 0 Å². The Balaban J connectivity index is 1.50. The number of benzene rings is 3. The number of carbonyl (C=O) groups excluding carboxylic acids is 1. The minimum Gasteiger partial charge on any atom is -0.486 e. The van der Waals surface area contributed by atoms with Crippen molar-refractivity contribution in [1.29, 1.82) is 0 Å². The number of amides is 1. The molecule has 0 aliphatic carbocycles. The molecule has 0 bridgehead atoms. The quantitative estimate of drug-likeness (QED) is 0.477. The van der Waals surface area contributed by atoms with E-state index < -0.39 is 10.0 Å². The third kappa shape index (κ3) is 6.53. The van der Waals surface area contributed by atoms with Crippen LogP contribution in [0.5, 0.6) is 11.5 Å². The van der Waals surface area contributed by atoms with Crippen LogP contribution in [0.2, 0.25) is 0 Å². The highest BCUT2D eigenvalue weighted by molar-refractivity contribution is 7.99. The van der Waals surface area contributed by atoms with Crippen LogP contribution in [0, 0.1) is 0 Å². The van der Waals surface area contributed by atoms with Gasteiger partial charge < -0.3 is 14.8 Å². The summed E-state index contributed by atoms with van der Waals surface area (Å²) in [6.07, 6.45) is 4.17. The van der Waals surface area contributed by atoms with Crippen molar-refractivity contribution < 1.29 is 22.7 Å². The predicted octanol–water partition coefficient (Wildman–Crippen LogP) is 4.63. The van der Waals surface area contributed by atoms with E-state index in [0.29, 0.717) is 36.1 Å². The second-order valence-electron chi connectivity index (χ2n) is 7.23. The number of hydrogen-bond donors (Lipinski definition) is 2. The average Bonchev–Trinajstić information content (AvgIpc) is 2.79. The molecule has 1 heterocycles. The molecule has 0 saturated carbocycles. The molecule has 2 N–H and O–H groups in total. The van der Waals surface area contributed by atoms with E-state index in [4.69, 9.17) is 9.47 Å². The van der Waals surface area contributed by atoms with E-state index in [0.717, 1.165) is 21.6 Å². The molecule has 7 nitrogen and oxygen atoms in total. The van der Waals surface area contributed by atoms with Crippen LogP contribution in [-0.4, -0.2) is 33.8 Å². The number of ether oxygens (including phenoxy) is 2. The van der Waals surface area contributed by atoms with Gasteiger partial charge in [0.15, 0.2) is 11.5 Å². The summed E-state index contributed by atoms with van der Waals surface area (Å²) in [4.78, 5) is 14.5. The average molecular weight is 483 g/mol. The zero-order valence-corrected chi connectivity index (χ0v) is 19.4. The van der Waals surface area contributed by atoms with Gasteiger partial charge in [0.25, 0.3) is 0 Å². The summed E-state index contributed by atoms with van der Waals surface area (Å²) < 4.78 is 36.4. The summed E-state index contributed by atoms with van der Waals surface area (Å²) in [5, 5.41) is 2.92. The Labute approximate surface area is 196 Å². The molecular formula is C24H22N2O5S2. The highest BCUT2D eigenvalue weighted by atomic mass is 32.2. The van der Waals surface area contributed by atoms with E-state index >= 15 is 0 Å². The Bertz CT molecular complexity index is 1270. The van der Waals surface area contributed by atoms with Crippen molar-refractivity contribution in [2.45, 2.75) is 9.79 Å². The molecule has 1 amide bonds. The lowest BCUT2D eigenvalue weighted by Gasteiger charge is -2.21. The van der Waals surface area contributed by atoms with Crippen LogP contribution < -0.4 is 19.5 Å². The van der Waals surface area contributed by atoms with E-state index in [-0.39, 0.29) is 5.91 Å². The normalized spacial score (nSPS) is 13.0. The van der Waals surface area contributed by atoms with Gasteiger partial charge in [-0.05, 0) is 35.9 Å². The van der Waals surface area contributed by atoms with Crippen molar-refractivity contribution in [3.05, 3.63) is 78.4 Å². The number of rotatable bonds is 7. The maximum atomic E-state index is 12.6. The van der Waals surface area contributed by atoms with Gasteiger partial charge in [0.1, 0.15) is 13.2 Å². The highest BCUT2D eigenvalue weighted by Crippen LogP contribution is 2.42. The molecule has 3 aromatic carbocycles. The number of hydrogen-bond acceptors (Lipinski definition) is 6. The number of carbonyl (C=O) groups is 1. The van der Waals surface area contributed by atoms with Gasteiger partial charge in [-0.2, -0.15) is 0 Å². The third-order valence-corrected chi connectivity index (χ3v) is 6.19. The second kappa shape index (κ2) is 10.0. The SMILES string of the molecule is CS(=O)(=O)Nc1ccc(/C=C/C(=O)Nc2cc3c(cc2Sc2ccccc2)OCCO3)cc1. The van der Waals surface area contributed by atoms with Crippen LogP contribution in [0.1, 0.15) is 5.56 Å². The topological polar surface area (TPSA) is 93.7 Å². The van der Waals surface area contributed by atoms with Crippen LogP contribution in [0.3, 0.4) is 0 Å². The minimum atomic E-state index is -3.34. The van der Waals surface area contributed by atoms with Crippen LogP contribution in [0.4, 0.5) is 11.4 Å². The molecule has 1 aliphatic rings. The standard InChI is InChI=1S/C24H22N2O5S2/c1-33(28,29)26-18-10-7-17(8-11-18)9-12-24(27)25-20-15-21-22(31-14-13-30-21)16-23(20)32-19-5-3-2-4-6-19/h2-12,15-16,26H,13-14H2,1H3,(H,25,27)/b12-9+. The molecule has 33 heavy (non-hydrogen) atoms. The zero-order valence-electron chi connectivity index (χ0n) is 17.8. The molecule has 0 spiro atoms. The molecule has 0 fully saturated rings. The molecule has 0 unspecified atom stereocenters. The third-order valence-electron chi connectivity index (χ3n) is 4.51. The summed E-state index contributed by atoms with van der Waals surface area (Å²) in [7, 11) is -3.34. The molecule has 0 radical (unpaired) electrons. The van der Waals surface area contributed by atoms with Crippen molar-refractivity contribution >= 4 is 45.1 Å². The molecule has 1 aliphatic heterocycles. The monoisotopic (exact) mass is 482 g/mol. The van der Waals surface area contributed by atoms with Crippen molar-refractivity contribution in [3.8, 4) is 11.5 Å². The van der Waals surface area contributed by atoms with Crippen LogP contribution in [0.15, 0.2) is 82.6 Å². The molecule has 170 valence electrons. The Morgan fingerprint density at radius 1 is 0.970 bits per heavy atom. The summed E-state index contributed by atoms with van der Waals surface area (Å²) >= 11 is 1.52. The van der Waals surface area contributed by atoms with E-state index in [1.807, 2.05) is 36.4 Å². The Kier molecular flexibility index (Phi) is 6.90. The first-order chi connectivity index (χ1) is 15.9. The van der Waals surface area contributed by atoms with Crippen LogP contribution in [0.25, 0.3) is 6.08 Å². The van der Waals surface area contributed by atoms with E-state index in [1.165, 1.54) is 17.8 Å². The highest BCUT2D eigenvalue weighted by Gasteiger charge is 2.17. The molecule has 0 saturated heterocycles. The van der Waals surface area contributed by atoms with Gasteiger partial charge in [-0.1, -0.05) is 42.1 Å². The fourth-order valence-electron chi connectivity index (χ4n) is 3.09. The predicted molar refractivity (Wildman–Crippen MR) is 131 cm³/mol. The van der Waals surface area contributed by atoms with Gasteiger partial charge in [0, 0.05) is 33.7 Å². The fourth-order valence-corrected chi connectivity index (χ4v) is 4.59. The first-order valence-corrected chi connectivity index (χ1v) is 12.8. The summed E-state index contributed by atoms with van der Waals surface area (Å²) in [6, 6.07) is 20.2. The van der Waals surface area contributed by atoms with Gasteiger partial charge in [-0.3, -0.25) is 9.52 Å². The summed E-state index contributed by atoms with van der Waals surface area (Å²) in [5.74, 6) is 0.933. The van der Waals surface area contributed by atoms with Gasteiger partial charge in [-0.25, -0.2) is 8.42 Å². The fraction of sp³-hybridized carbons (Fsp3) is 0.125. The van der Waals surface area contributed by atoms with Crippen molar-refractivity contribution in [2.75, 3.05) is 29.5 Å².